The van der Waals surface area contributed by atoms with Gasteiger partial charge in [-0.2, -0.15) is 0 Å². The molecule has 140 valence electrons. The van der Waals surface area contributed by atoms with Crippen molar-refractivity contribution in [2.24, 2.45) is 0 Å². The molecule has 0 fully saturated rings. The van der Waals surface area contributed by atoms with Gasteiger partial charge in [0.05, 0.1) is 17.1 Å². The number of anilines is 2. The molecule has 2 aromatic rings. The number of rotatable bonds is 3. The topological polar surface area (TPSA) is 67.9 Å². The van der Waals surface area contributed by atoms with Gasteiger partial charge in [-0.15, -0.1) is 11.8 Å². The Morgan fingerprint density at radius 2 is 1.96 bits per heavy atom. The van der Waals surface area contributed by atoms with Crippen LogP contribution in [0.1, 0.15) is 13.3 Å². The molecule has 4 rings (SSSR count). The normalized spacial score (nSPS) is 18.3. The Morgan fingerprint density at radius 1 is 1.19 bits per heavy atom. The van der Waals surface area contributed by atoms with Crippen LogP contribution in [0.4, 0.5) is 11.4 Å². The summed E-state index contributed by atoms with van der Waals surface area (Å²) in [5, 5.41) is 2.88. The van der Waals surface area contributed by atoms with Crippen LogP contribution in [0.25, 0.3) is 0 Å². The van der Waals surface area contributed by atoms with Crippen molar-refractivity contribution in [3.05, 3.63) is 42.5 Å². The fourth-order valence-corrected chi connectivity index (χ4v) is 4.08. The summed E-state index contributed by atoms with van der Waals surface area (Å²) >= 11 is 1.45. The van der Waals surface area contributed by atoms with Crippen LogP contribution in [0, 0.1) is 0 Å². The first-order valence-corrected chi connectivity index (χ1v) is 9.84. The fourth-order valence-electron chi connectivity index (χ4n) is 3.30. The number of benzene rings is 2. The predicted octanol–water partition coefficient (Wildman–Crippen LogP) is 3.31. The molecule has 1 N–H and O–H groups in total. The number of hydrogen-bond acceptors (Lipinski definition) is 5. The first kappa shape index (κ1) is 17.7. The third-order valence-corrected chi connectivity index (χ3v) is 5.48. The molecule has 0 saturated heterocycles. The van der Waals surface area contributed by atoms with Crippen molar-refractivity contribution in [3.63, 3.8) is 0 Å². The number of amides is 2. The highest BCUT2D eigenvalue weighted by molar-refractivity contribution is 8.00. The summed E-state index contributed by atoms with van der Waals surface area (Å²) in [6, 6.07) is 12.9. The molecule has 6 nitrogen and oxygen atoms in total. The number of nitrogens with one attached hydrogen (secondary N) is 1. The molecule has 0 radical (unpaired) electrons. The van der Waals surface area contributed by atoms with E-state index >= 15 is 0 Å². The van der Waals surface area contributed by atoms with E-state index in [0.717, 1.165) is 16.3 Å². The molecule has 2 amide bonds. The fraction of sp³-hybridized carbons (Fsp3) is 0.300. The average molecular weight is 384 g/mol. The molecule has 0 saturated carbocycles. The molecule has 1 atom stereocenters. The van der Waals surface area contributed by atoms with Crippen molar-refractivity contribution < 1.29 is 19.1 Å². The Hall–Kier alpha value is -2.67. The highest BCUT2D eigenvalue weighted by atomic mass is 32.2. The Labute approximate surface area is 161 Å². The third-order valence-electron chi connectivity index (χ3n) is 4.50. The van der Waals surface area contributed by atoms with E-state index in [-0.39, 0.29) is 30.0 Å². The predicted molar refractivity (Wildman–Crippen MR) is 105 cm³/mol. The third kappa shape index (κ3) is 3.73. The molecule has 0 aliphatic carbocycles. The van der Waals surface area contributed by atoms with Gasteiger partial charge in [0.25, 0.3) is 0 Å². The zero-order chi connectivity index (χ0) is 18.8. The summed E-state index contributed by atoms with van der Waals surface area (Å²) < 4.78 is 11.1. The van der Waals surface area contributed by atoms with Gasteiger partial charge < -0.3 is 19.7 Å². The van der Waals surface area contributed by atoms with Crippen molar-refractivity contribution in [1.29, 1.82) is 0 Å². The van der Waals surface area contributed by atoms with Gasteiger partial charge in [0, 0.05) is 17.4 Å². The van der Waals surface area contributed by atoms with Gasteiger partial charge in [0.15, 0.2) is 11.5 Å². The second kappa shape index (κ2) is 7.52. The summed E-state index contributed by atoms with van der Waals surface area (Å²) in [5.74, 6) is 1.60. The van der Waals surface area contributed by atoms with E-state index in [4.69, 9.17) is 9.47 Å². The van der Waals surface area contributed by atoms with Crippen LogP contribution in [0.2, 0.25) is 0 Å². The minimum Gasteiger partial charge on any atom is -0.486 e. The molecule has 2 aliphatic rings. The molecule has 2 heterocycles. The number of nitrogens with zero attached hydrogens (tertiary/aromatic N) is 1. The minimum atomic E-state index is -0.206. The van der Waals surface area contributed by atoms with E-state index < -0.39 is 0 Å². The molecule has 7 heteroatoms. The molecule has 2 aliphatic heterocycles. The van der Waals surface area contributed by atoms with E-state index in [1.165, 1.54) is 11.8 Å². The van der Waals surface area contributed by atoms with E-state index in [1.807, 2.05) is 49.4 Å². The van der Waals surface area contributed by atoms with Gasteiger partial charge in [-0.25, -0.2) is 0 Å². The zero-order valence-corrected chi connectivity index (χ0v) is 15.8. The minimum absolute atomic E-state index is 0.0358. The van der Waals surface area contributed by atoms with E-state index in [9.17, 15) is 9.59 Å². The summed E-state index contributed by atoms with van der Waals surface area (Å²) in [7, 11) is 0. The number of carbonyl (C=O) groups is 2. The number of fused-ring (bicyclic) bond motifs is 2. The maximum Gasteiger partial charge on any atom is 0.237 e. The number of hydrogen-bond donors (Lipinski definition) is 1. The molecule has 1 unspecified atom stereocenters. The van der Waals surface area contributed by atoms with Crippen LogP contribution in [0.5, 0.6) is 11.5 Å². The molecular weight excluding hydrogens is 364 g/mol. The highest BCUT2D eigenvalue weighted by Crippen LogP contribution is 2.35. The number of ether oxygens (including phenoxy) is 2. The average Bonchev–Trinajstić information content (AvgIpc) is 2.80. The van der Waals surface area contributed by atoms with E-state index in [0.29, 0.717) is 24.7 Å². The van der Waals surface area contributed by atoms with Gasteiger partial charge in [0.1, 0.15) is 13.2 Å². The van der Waals surface area contributed by atoms with Crippen LogP contribution < -0.4 is 19.7 Å². The largest absolute Gasteiger partial charge is 0.486 e. The van der Waals surface area contributed by atoms with Gasteiger partial charge in [-0.3, -0.25) is 9.59 Å². The quantitative estimate of drug-likeness (QED) is 0.823. The Bertz CT molecular complexity index is 886. The van der Waals surface area contributed by atoms with E-state index in [2.05, 4.69) is 5.32 Å². The lowest BCUT2D eigenvalue weighted by molar-refractivity contribution is -0.117. The summed E-state index contributed by atoms with van der Waals surface area (Å²) in [4.78, 5) is 27.7. The van der Waals surface area contributed by atoms with Crippen LogP contribution in [-0.2, 0) is 9.59 Å². The van der Waals surface area contributed by atoms with E-state index in [1.54, 1.807) is 4.90 Å². The van der Waals surface area contributed by atoms with Crippen molar-refractivity contribution in [1.82, 2.24) is 0 Å². The molecule has 2 aromatic carbocycles. The highest BCUT2D eigenvalue weighted by Gasteiger charge is 2.29. The lowest BCUT2D eigenvalue weighted by Crippen LogP contribution is -2.40. The Morgan fingerprint density at radius 3 is 2.81 bits per heavy atom. The van der Waals surface area contributed by atoms with Gasteiger partial charge in [-0.05, 0) is 37.3 Å². The molecular formula is C20H20N2O4S. The standard InChI is InChI=1S/C20H20N2O4S/c1-13-10-19(23)21-15-4-2-3-5-16(15)22(13)20(24)12-27-14-6-7-17-18(11-14)26-9-8-25-17/h2-7,11,13H,8-10,12H2,1H3,(H,21,23). The van der Waals surface area contributed by atoms with Crippen LogP contribution in [0.15, 0.2) is 47.4 Å². The summed E-state index contributed by atoms with van der Waals surface area (Å²) in [6.45, 7) is 2.98. The Kier molecular flexibility index (Phi) is 4.94. The van der Waals surface area contributed by atoms with Crippen molar-refractivity contribution >= 4 is 35.0 Å². The number of carbonyl (C=O) groups excluding carboxylic acids is 2. The maximum atomic E-state index is 13.0. The lowest BCUT2D eigenvalue weighted by Gasteiger charge is -2.27. The van der Waals surface area contributed by atoms with Gasteiger partial charge >= 0.3 is 0 Å². The Balaban J connectivity index is 1.51. The molecule has 0 aromatic heterocycles. The monoisotopic (exact) mass is 384 g/mol. The summed E-state index contributed by atoms with van der Waals surface area (Å²) in [6.07, 6.45) is 0.273. The molecule has 27 heavy (non-hydrogen) atoms. The first-order valence-electron chi connectivity index (χ1n) is 8.85. The van der Waals surface area contributed by atoms with Crippen LogP contribution >= 0.6 is 11.8 Å². The summed E-state index contributed by atoms with van der Waals surface area (Å²) in [5.41, 5.74) is 1.41. The van der Waals surface area contributed by atoms with Crippen molar-refractivity contribution in [2.75, 3.05) is 29.2 Å². The second-order valence-corrected chi connectivity index (χ2v) is 7.53. The van der Waals surface area contributed by atoms with Crippen LogP contribution in [-0.4, -0.2) is 36.8 Å². The maximum absolute atomic E-state index is 13.0. The first-order chi connectivity index (χ1) is 13.1. The SMILES string of the molecule is CC1CC(=O)Nc2ccccc2N1C(=O)CSc1ccc2c(c1)OCCO2. The second-order valence-electron chi connectivity index (χ2n) is 6.48. The number of thioether (sulfide) groups is 1. The van der Waals surface area contributed by atoms with Crippen molar-refractivity contribution in [2.45, 2.75) is 24.3 Å². The molecule has 0 bridgehead atoms. The van der Waals surface area contributed by atoms with Gasteiger partial charge in [-0.1, -0.05) is 12.1 Å². The zero-order valence-electron chi connectivity index (χ0n) is 14.9. The lowest BCUT2D eigenvalue weighted by atomic mass is 10.2. The molecule has 0 spiro atoms. The number of para-hydroxylation sites is 2. The van der Waals surface area contributed by atoms with Gasteiger partial charge in [0.2, 0.25) is 11.8 Å². The smallest absolute Gasteiger partial charge is 0.237 e. The van der Waals surface area contributed by atoms with Crippen molar-refractivity contribution in [3.8, 4) is 11.5 Å². The van der Waals surface area contributed by atoms with Crippen LogP contribution in [0.3, 0.4) is 0 Å².